The first-order valence-corrected chi connectivity index (χ1v) is 15.6. The number of pyridine rings is 1. The zero-order valence-corrected chi connectivity index (χ0v) is 27.2. The van der Waals surface area contributed by atoms with E-state index >= 15 is 0 Å². The van der Waals surface area contributed by atoms with E-state index in [2.05, 4.69) is 20.9 Å². The molecule has 0 aliphatic heterocycles. The van der Waals surface area contributed by atoms with Gasteiger partial charge in [0, 0.05) is 30.5 Å². The number of aromatic nitrogens is 6. The Morgan fingerprint density at radius 3 is 2.14 bits per heavy atom. The molecule has 242 valence electrons. The topological polar surface area (TPSA) is 127 Å². The normalized spacial score (nSPS) is 11.0. The highest BCUT2D eigenvalue weighted by Gasteiger charge is 2.27. The highest BCUT2D eigenvalue weighted by Crippen LogP contribution is 2.37. The van der Waals surface area contributed by atoms with Gasteiger partial charge >= 0.3 is 0 Å². The number of fused-ring (bicyclic) bond motifs is 1. The summed E-state index contributed by atoms with van der Waals surface area (Å²) in [4.78, 5) is 21.5. The van der Waals surface area contributed by atoms with Crippen LogP contribution in [0.5, 0.6) is 11.5 Å². The number of nitriles is 1. The van der Waals surface area contributed by atoms with Crippen molar-refractivity contribution < 1.29 is 13.9 Å². The Morgan fingerprint density at radius 2 is 1.55 bits per heavy atom. The first-order chi connectivity index (χ1) is 24.0. The lowest BCUT2D eigenvalue weighted by molar-refractivity contribution is 0.414. The quantitative estimate of drug-likeness (QED) is 0.147. The number of ether oxygens (including phenoxy) is 2. The third-order valence-corrected chi connectivity index (χ3v) is 8.16. The molecule has 0 N–H and O–H groups in total. The van der Waals surface area contributed by atoms with Crippen LogP contribution in [0.1, 0.15) is 33.9 Å². The smallest absolute Gasteiger partial charge is 0.199 e. The third kappa shape index (κ3) is 6.53. The summed E-state index contributed by atoms with van der Waals surface area (Å²) in [6, 6.07) is 31.3. The van der Waals surface area contributed by atoms with E-state index in [1.807, 2.05) is 91.9 Å². The maximum Gasteiger partial charge on any atom is 0.199 e. The lowest BCUT2D eigenvalue weighted by Gasteiger charge is -2.26. The highest BCUT2D eigenvalue weighted by molar-refractivity contribution is 5.83. The van der Waals surface area contributed by atoms with Gasteiger partial charge in [-0.25, -0.2) is 19.5 Å². The van der Waals surface area contributed by atoms with Crippen LogP contribution in [0, 0.1) is 18.3 Å². The van der Waals surface area contributed by atoms with Gasteiger partial charge in [0.15, 0.2) is 29.4 Å². The molecule has 0 fully saturated rings. The Hall–Kier alpha value is -6.54. The summed E-state index contributed by atoms with van der Waals surface area (Å²) in [5.41, 5.74) is 6.52. The molecule has 0 amide bonds. The summed E-state index contributed by atoms with van der Waals surface area (Å²) in [6.45, 7) is 2.87. The van der Waals surface area contributed by atoms with E-state index in [0.29, 0.717) is 65.2 Å². The molecule has 0 saturated carbocycles. The number of benzene rings is 3. The third-order valence-electron chi connectivity index (χ3n) is 8.16. The van der Waals surface area contributed by atoms with Gasteiger partial charge in [-0.05, 0) is 66.6 Å². The lowest BCUT2D eigenvalue weighted by Crippen LogP contribution is -2.25. The first kappa shape index (κ1) is 31.1. The molecule has 0 atom stereocenters. The molecule has 0 aliphatic carbocycles. The molecule has 7 rings (SSSR count). The average Bonchev–Trinajstić information content (AvgIpc) is 3.77. The number of oxazole rings is 1. The maximum absolute atomic E-state index is 9.81. The van der Waals surface area contributed by atoms with Crippen LogP contribution < -0.4 is 14.4 Å². The van der Waals surface area contributed by atoms with Gasteiger partial charge in [-0.1, -0.05) is 42.5 Å². The van der Waals surface area contributed by atoms with Gasteiger partial charge < -0.3 is 18.8 Å². The average molecular weight is 649 g/mol. The summed E-state index contributed by atoms with van der Waals surface area (Å²) < 4.78 is 18.6. The van der Waals surface area contributed by atoms with Gasteiger partial charge in [-0.3, -0.25) is 4.98 Å². The second kappa shape index (κ2) is 13.7. The fourth-order valence-corrected chi connectivity index (χ4v) is 5.69. The number of methoxy groups -OCH3 is 2. The molecule has 0 radical (unpaired) electrons. The van der Waals surface area contributed by atoms with E-state index in [1.54, 1.807) is 31.0 Å². The number of anilines is 1. The fraction of sp³-hybridized carbons (Fsp3) is 0.158. The van der Waals surface area contributed by atoms with Gasteiger partial charge in [0.2, 0.25) is 0 Å². The Bertz CT molecular complexity index is 2210. The molecule has 0 unspecified atom stereocenters. The molecule has 0 spiro atoms. The minimum absolute atomic E-state index is 0.410. The van der Waals surface area contributed by atoms with Crippen LogP contribution >= 0.6 is 0 Å². The van der Waals surface area contributed by atoms with E-state index in [4.69, 9.17) is 29.0 Å². The monoisotopic (exact) mass is 648 g/mol. The zero-order valence-electron chi connectivity index (χ0n) is 27.2. The molecule has 0 aliphatic rings. The van der Waals surface area contributed by atoms with Crippen molar-refractivity contribution >= 4 is 11.5 Å². The lowest BCUT2D eigenvalue weighted by atomic mass is 10.0. The van der Waals surface area contributed by atoms with E-state index < -0.39 is 0 Å². The Morgan fingerprint density at radius 1 is 0.837 bits per heavy atom. The molecule has 3 aromatic carbocycles. The van der Waals surface area contributed by atoms with Crippen LogP contribution in [0.25, 0.3) is 28.4 Å². The van der Waals surface area contributed by atoms with Crippen molar-refractivity contribution in [1.82, 2.24) is 29.5 Å². The van der Waals surface area contributed by atoms with Gasteiger partial charge in [0.1, 0.15) is 22.9 Å². The molecule has 11 nitrogen and oxygen atoms in total. The van der Waals surface area contributed by atoms with Crippen molar-refractivity contribution in [3.05, 3.63) is 137 Å². The predicted octanol–water partition coefficient (Wildman–Crippen LogP) is 6.84. The van der Waals surface area contributed by atoms with Crippen LogP contribution in [0.3, 0.4) is 0 Å². The second-order valence-electron chi connectivity index (χ2n) is 11.4. The van der Waals surface area contributed by atoms with Crippen LogP contribution in [0.15, 0.2) is 108 Å². The minimum atomic E-state index is 0.410. The fourth-order valence-electron chi connectivity index (χ4n) is 5.69. The van der Waals surface area contributed by atoms with Crippen molar-refractivity contribution in [2.24, 2.45) is 0 Å². The minimum Gasteiger partial charge on any atom is -0.497 e. The molecule has 4 aromatic heterocycles. The predicted molar refractivity (Wildman–Crippen MR) is 184 cm³/mol. The summed E-state index contributed by atoms with van der Waals surface area (Å²) in [5, 5.41) is 14.9. The van der Waals surface area contributed by atoms with Gasteiger partial charge in [0.05, 0.1) is 38.0 Å². The highest BCUT2D eigenvalue weighted by atomic mass is 16.5. The van der Waals surface area contributed by atoms with Gasteiger partial charge in [-0.2, -0.15) is 5.26 Å². The van der Waals surface area contributed by atoms with Crippen molar-refractivity contribution in [3.8, 4) is 40.3 Å². The summed E-state index contributed by atoms with van der Waals surface area (Å²) in [7, 11) is 3.31. The Labute approximate surface area is 283 Å². The molecular formula is C38H32N8O3. The number of rotatable bonds is 11. The van der Waals surface area contributed by atoms with Crippen molar-refractivity contribution in [3.63, 3.8) is 0 Å². The molecule has 11 heteroatoms. The SMILES string of the molecule is COc1ccc(CN(Cc2ccc(OC)cc2)c2nc(-c3cccc(C#N)c3)c(-c3ocnc3C)n3nc(Cc4ccccn4)nc23)cc1. The standard InChI is InChI=1S/C38H32N8O3/c1-25-36(49-24-41-25)35-34(29-8-6-7-28(19-29)21-39)43-37(38-42-33(44-46(35)38)20-30-9-4-5-18-40-30)45(22-26-10-14-31(47-2)15-11-26)23-27-12-16-32(48-3)17-13-27/h4-19,24H,20,22-23H2,1-3H3. The molecule has 7 aromatic rings. The van der Waals surface area contributed by atoms with E-state index in [0.717, 1.165) is 33.9 Å². The number of aryl methyl sites for hydroxylation is 1. The van der Waals surface area contributed by atoms with Crippen molar-refractivity contribution in [2.75, 3.05) is 19.1 Å². The number of hydrogen-bond acceptors (Lipinski definition) is 10. The van der Waals surface area contributed by atoms with E-state index in [-0.39, 0.29) is 0 Å². The zero-order chi connectivity index (χ0) is 33.7. The maximum atomic E-state index is 9.81. The second-order valence-corrected chi connectivity index (χ2v) is 11.4. The molecule has 49 heavy (non-hydrogen) atoms. The largest absolute Gasteiger partial charge is 0.497 e. The molecule has 0 saturated heterocycles. The summed E-state index contributed by atoms with van der Waals surface area (Å²) >= 11 is 0. The van der Waals surface area contributed by atoms with Crippen LogP contribution in [0.4, 0.5) is 5.82 Å². The Kier molecular flexibility index (Phi) is 8.67. The van der Waals surface area contributed by atoms with Crippen molar-refractivity contribution in [1.29, 1.82) is 5.26 Å². The summed E-state index contributed by atoms with van der Waals surface area (Å²) in [6.07, 6.45) is 3.57. The molecule has 0 bridgehead atoms. The molecule has 4 heterocycles. The van der Waals surface area contributed by atoms with E-state index in [9.17, 15) is 5.26 Å². The van der Waals surface area contributed by atoms with Crippen LogP contribution in [0.2, 0.25) is 0 Å². The van der Waals surface area contributed by atoms with Crippen molar-refractivity contribution in [2.45, 2.75) is 26.4 Å². The number of hydrogen-bond donors (Lipinski definition) is 0. The first-order valence-electron chi connectivity index (χ1n) is 15.6. The van der Waals surface area contributed by atoms with Crippen LogP contribution in [-0.2, 0) is 19.5 Å². The Balaban J connectivity index is 1.48. The number of nitrogens with zero attached hydrogens (tertiary/aromatic N) is 8. The van der Waals surface area contributed by atoms with Crippen LogP contribution in [-0.4, -0.2) is 43.8 Å². The van der Waals surface area contributed by atoms with E-state index in [1.165, 1.54) is 6.39 Å². The van der Waals surface area contributed by atoms with Gasteiger partial charge in [0.25, 0.3) is 0 Å². The molecular weight excluding hydrogens is 616 g/mol. The van der Waals surface area contributed by atoms with Gasteiger partial charge in [-0.15, -0.1) is 5.10 Å². The summed E-state index contributed by atoms with van der Waals surface area (Å²) in [5.74, 6) is 3.22.